The van der Waals surface area contributed by atoms with Crippen LogP contribution in [-0.4, -0.2) is 37.0 Å². The van der Waals surface area contributed by atoms with Gasteiger partial charge in [-0.2, -0.15) is 13.2 Å². The SMILES string of the molecule is CC(C)CC(CCO)CNC(=O)NCC(F)(F)F. The van der Waals surface area contributed by atoms with Gasteiger partial charge in [0.25, 0.3) is 0 Å². The van der Waals surface area contributed by atoms with Crippen LogP contribution in [0, 0.1) is 11.8 Å². The summed E-state index contributed by atoms with van der Waals surface area (Å²) in [5.41, 5.74) is 0. The van der Waals surface area contributed by atoms with Crippen molar-refractivity contribution in [1.29, 1.82) is 0 Å². The Morgan fingerprint density at radius 2 is 1.89 bits per heavy atom. The summed E-state index contributed by atoms with van der Waals surface area (Å²) in [7, 11) is 0. The fourth-order valence-electron chi connectivity index (χ4n) is 1.63. The van der Waals surface area contributed by atoms with Crippen molar-refractivity contribution in [3.05, 3.63) is 0 Å². The van der Waals surface area contributed by atoms with Gasteiger partial charge in [0.2, 0.25) is 0 Å². The molecule has 0 aromatic rings. The zero-order valence-corrected chi connectivity index (χ0v) is 10.7. The Bertz CT molecular complexity index is 245. The van der Waals surface area contributed by atoms with Gasteiger partial charge < -0.3 is 15.7 Å². The first-order valence-corrected chi connectivity index (χ1v) is 5.94. The standard InChI is InChI=1S/C11H21F3N2O2/c1-8(2)5-9(3-4-17)6-15-10(18)16-7-11(12,13)14/h8-9,17H,3-7H2,1-2H3,(H2,15,16,18). The number of aliphatic hydroxyl groups excluding tert-OH is 1. The summed E-state index contributed by atoms with van der Waals surface area (Å²) in [4.78, 5) is 11.1. The minimum atomic E-state index is -4.40. The van der Waals surface area contributed by atoms with Crippen LogP contribution < -0.4 is 10.6 Å². The van der Waals surface area contributed by atoms with Gasteiger partial charge in [-0.3, -0.25) is 0 Å². The fraction of sp³-hybridized carbons (Fsp3) is 0.909. The fourth-order valence-corrected chi connectivity index (χ4v) is 1.63. The number of alkyl halides is 3. The summed E-state index contributed by atoms with van der Waals surface area (Å²) in [5, 5.41) is 13.0. The first-order chi connectivity index (χ1) is 8.24. The number of carbonyl (C=O) groups is 1. The summed E-state index contributed by atoms with van der Waals surface area (Å²) in [6.07, 6.45) is -3.07. The molecule has 0 aliphatic rings. The summed E-state index contributed by atoms with van der Waals surface area (Å²) in [6, 6.07) is -0.834. The van der Waals surface area contributed by atoms with Gasteiger partial charge in [-0.05, 0) is 24.7 Å². The molecular formula is C11H21F3N2O2. The van der Waals surface area contributed by atoms with Crippen molar-refractivity contribution in [2.24, 2.45) is 11.8 Å². The molecule has 2 amide bonds. The molecule has 3 N–H and O–H groups in total. The van der Waals surface area contributed by atoms with E-state index in [1.54, 1.807) is 5.32 Å². The second-order valence-electron chi connectivity index (χ2n) is 4.69. The van der Waals surface area contributed by atoms with Crippen LogP contribution in [0.1, 0.15) is 26.7 Å². The van der Waals surface area contributed by atoms with E-state index in [0.29, 0.717) is 12.3 Å². The molecule has 0 rings (SSSR count). The molecule has 0 radical (unpaired) electrons. The highest BCUT2D eigenvalue weighted by Gasteiger charge is 2.27. The third-order valence-corrected chi connectivity index (χ3v) is 2.34. The molecule has 4 nitrogen and oxygen atoms in total. The number of amides is 2. The molecule has 7 heteroatoms. The van der Waals surface area contributed by atoms with Gasteiger partial charge in [0.1, 0.15) is 6.54 Å². The quantitative estimate of drug-likeness (QED) is 0.661. The summed E-state index contributed by atoms with van der Waals surface area (Å²) < 4.78 is 35.5. The van der Waals surface area contributed by atoms with E-state index in [4.69, 9.17) is 5.11 Å². The Balaban J connectivity index is 3.92. The molecule has 0 bridgehead atoms. The number of hydrogen-bond acceptors (Lipinski definition) is 2. The molecule has 0 saturated heterocycles. The van der Waals surface area contributed by atoms with Crippen LogP contribution in [0.15, 0.2) is 0 Å². The maximum atomic E-state index is 11.8. The van der Waals surface area contributed by atoms with Gasteiger partial charge in [0.15, 0.2) is 0 Å². The van der Waals surface area contributed by atoms with E-state index >= 15 is 0 Å². The van der Waals surface area contributed by atoms with Crippen molar-refractivity contribution in [2.75, 3.05) is 19.7 Å². The summed E-state index contributed by atoms with van der Waals surface area (Å²) in [6.45, 7) is 2.95. The van der Waals surface area contributed by atoms with Crippen LogP contribution in [0.5, 0.6) is 0 Å². The zero-order valence-electron chi connectivity index (χ0n) is 10.7. The number of urea groups is 1. The Morgan fingerprint density at radius 1 is 1.28 bits per heavy atom. The number of nitrogens with one attached hydrogen (secondary N) is 2. The highest BCUT2D eigenvalue weighted by Crippen LogP contribution is 2.14. The minimum absolute atomic E-state index is 0.00321. The minimum Gasteiger partial charge on any atom is -0.396 e. The maximum Gasteiger partial charge on any atom is 0.405 e. The Labute approximate surface area is 105 Å². The molecule has 1 atom stereocenters. The van der Waals surface area contributed by atoms with Crippen LogP contribution in [0.2, 0.25) is 0 Å². The van der Waals surface area contributed by atoms with Crippen LogP contribution >= 0.6 is 0 Å². The molecule has 0 fully saturated rings. The number of rotatable bonds is 7. The van der Waals surface area contributed by atoms with E-state index in [-0.39, 0.29) is 19.1 Å². The van der Waals surface area contributed by atoms with Crippen molar-refractivity contribution < 1.29 is 23.1 Å². The number of aliphatic hydroxyl groups is 1. The molecule has 0 spiro atoms. The first kappa shape index (κ1) is 17.0. The predicted molar refractivity (Wildman–Crippen MR) is 62.1 cm³/mol. The van der Waals surface area contributed by atoms with E-state index in [0.717, 1.165) is 6.42 Å². The van der Waals surface area contributed by atoms with Gasteiger partial charge in [-0.15, -0.1) is 0 Å². The highest BCUT2D eigenvalue weighted by molar-refractivity contribution is 5.73. The third kappa shape index (κ3) is 10.2. The third-order valence-electron chi connectivity index (χ3n) is 2.34. The highest BCUT2D eigenvalue weighted by atomic mass is 19.4. The van der Waals surface area contributed by atoms with Crippen molar-refractivity contribution in [1.82, 2.24) is 10.6 Å². The van der Waals surface area contributed by atoms with Gasteiger partial charge in [-0.1, -0.05) is 13.8 Å². The summed E-state index contributed by atoms with van der Waals surface area (Å²) >= 11 is 0. The lowest BCUT2D eigenvalue weighted by Gasteiger charge is -2.19. The topological polar surface area (TPSA) is 61.4 Å². The molecule has 0 aliphatic heterocycles. The zero-order chi connectivity index (χ0) is 14.2. The average molecular weight is 270 g/mol. The normalized spacial score (nSPS) is 13.5. The number of hydrogen-bond donors (Lipinski definition) is 3. The van der Waals surface area contributed by atoms with Crippen molar-refractivity contribution in [2.45, 2.75) is 32.9 Å². The molecule has 0 aromatic carbocycles. The number of carbonyl (C=O) groups excluding carboxylic acids is 1. The second kappa shape index (κ2) is 8.18. The lowest BCUT2D eigenvalue weighted by Crippen LogP contribution is -2.42. The van der Waals surface area contributed by atoms with E-state index in [1.165, 1.54) is 0 Å². The monoisotopic (exact) mass is 270 g/mol. The van der Waals surface area contributed by atoms with E-state index in [1.807, 2.05) is 13.8 Å². The van der Waals surface area contributed by atoms with Crippen molar-refractivity contribution in [3.63, 3.8) is 0 Å². The maximum absolute atomic E-state index is 11.8. The largest absolute Gasteiger partial charge is 0.405 e. The van der Waals surface area contributed by atoms with Crippen molar-refractivity contribution >= 4 is 6.03 Å². The first-order valence-electron chi connectivity index (χ1n) is 5.94. The number of halogens is 3. The molecule has 0 aromatic heterocycles. The lowest BCUT2D eigenvalue weighted by molar-refractivity contribution is -0.122. The molecule has 0 aliphatic carbocycles. The lowest BCUT2D eigenvalue weighted by atomic mass is 9.94. The van der Waals surface area contributed by atoms with Crippen LogP contribution in [0.4, 0.5) is 18.0 Å². The molecule has 0 heterocycles. The molecule has 1 unspecified atom stereocenters. The molecule has 18 heavy (non-hydrogen) atoms. The average Bonchev–Trinajstić information content (AvgIpc) is 2.21. The smallest absolute Gasteiger partial charge is 0.396 e. The molecule has 0 saturated carbocycles. The van der Waals surface area contributed by atoms with Gasteiger partial charge in [0.05, 0.1) is 0 Å². The van der Waals surface area contributed by atoms with E-state index < -0.39 is 18.8 Å². The Hall–Kier alpha value is -0.980. The van der Waals surface area contributed by atoms with Crippen LogP contribution in [-0.2, 0) is 0 Å². The summed E-state index contributed by atoms with van der Waals surface area (Å²) in [5.74, 6) is 0.480. The van der Waals surface area contributed by atoms with E-state index in [9.17, 15) is 18.0 Å². The van der Waals surface area contributed by atoms with Gasteiger partial charge >= 0.3 is 12.2 Å². The Kier molecular flexibility index (Phi) is 7.73. The van der Waals surface area contributed by atoms with E-state index in [2.05, 4.69) is 5.32 Å². The van der Waals surface area contributed by atoms with Gasteiger partial charge in [-0.25, -0.2) is 4.79 Å². The Morgan fingerprint density at radius 3 is 2.33 bits per heavy atom. The second-order valence-corrected chi connectivity index (χ2v) is 4.69. The predicted octanol–water partition coefficient (Wildman–Crippen LogP) is 1.89. The van der Waals surface area contributed by atoms with Gasteiger partial charge in [0, 0.05) is 13.2 Å². The molecule has 108 valence electrons. The van der Waals surface area contributed by atoms with Crippen LogP contribution in [0.3, 0.4) is 0 Å². The van der Waals surface area contributed by atoms with Crippen molar-refractivity contribution in [3.8, 4) is 0 Å². The molecular weight excluding hydrogens is 249 g/mol. The van der Waals surface area contributed by atoms with Crippen LogP contribution in [0.25, 0.3) is 0 Å².